The second-order valence-electron chi connectivity index (χ2n) is 4.44. The molecule has 0 radical (unpaired) electrons. The van der Waals surface area contributed by atoms with Crippen molar-refractivity contribution in [2.45, 2.75) is 32.1 Å². The van der Waals surface area contributed by atoms with E-state index in [9.17, 15) is 4.79 Å². The number of esters is 1. The molecule has 1 aliphatic heterocycles. The van der Waals surface area contributed by atoms with Crippen LogP contribution < -0.4 is 5.32 Å². The van der Waals surface area contributed by atoms with Crippen molar-refractivity contribution in [3.63, 3.8) is 0 Å². The van der Waals surface area contributed by atoms with Crippen molar-refractivity contribution >= 4 is 18.4 Å². The van der Waals surface area contributed by atoms with Gasteiger partial charge in [-0.15, -0.1) is 12.4 Å². The van der Waals surface area contributed by atoms with Crippen molar-refractivity contribution in [3.8, 4) is 0 Å². The van der Waals surface area contributed by atoms with E-state index in [0.717, 1.165) is 38.3 Å². The van der Waals surface area contributed by atoms with Gasteiger partial charge in [-0.3, -0.25) is 4.79 Å². The number of carbonyl (C=O) groups is 1. The van der Waals surface area contributed by atoms with Gasteiger partial charge in [-0.25, -0.2) is 0 Å². The number of hydrogen-bond acceptors (Lipinski definition) is 3. The van der Waals surface area contributed by atoms with E-state index in [1.807, 2.05) is 0 Å². The molecular weight excluding hydrogens is 214 g/mol. The lowest BCUT2D eigenvalue weighted by atomic mass is 10.0. The zero-order valence-electron chi connectivity index (χ0n) is 9.04. The summed E-state index contributed by atoms with van der Waals surface area (Å²) in [6, 6.07) is 0. The molecule has 2 rings (SSSR count). The van der Waals surface area contributed by atoms with Crippen molar-refractivity contribution in [1.29, 1.82) is 0 Å². The maximum Gasteiger partial charge on any atom is 0.310 e. The molecule has 3 nitrogen and oxygen atoms in total. The van der Waals surface area contributed by atoms with Crippen LogP contribution in [0.1, 0.15) is 32.1 Å². The molecule has 0 amide bonds. The molecule has 1 N–H and O–H groups in total. The summed E-state index contributed by atoms with van der Waals surface area (Å²) in [4.78, 5) is 11.5. The number of nitrogens with one attached hydrogen (secondary N) is 1. The number of rotatable bonds is 4. The molecule has 0 aromatic heterocycles. The maximum atomic E-state index is 11.5. The van der Waals surface area contributed by atoms with Crippen molar-refractivity contribution in [2.75, 3.05) is 19.7 Å². The molecule has 88 valence electrons. The molecule has 1 aliphatic carbocycles. The Hall–Kier alpha value is -0.280. The minimum atomic E-state index is 0. The Bertz CT molecular complexity index is 201. The van der Waals surface area contributed by atoms with Gasteiger partial charge in [-0.2, -0.15) is 0 Å². The second kappa shape index (κ2) is 6.33. The molecule has 1 atom stereocenters. The van der Waals surface area contributed by atoms with Crippen LogP contribution >= 0.6 is 12.4 Å². The van der Waals surface area contributed by atoms with Crippen LogP contribution in [0.3, 0.4) is 0 Å². The highest BCUT2D eigenvalue weighted by molar-refractivity contribution is 5.85. The first-order valence-electron chi connectivity index (χ1n) is 5.73. The SMILES string of the molecule is Cl.O=C(OCCC1CC1)C1CCCNC1. The minimum Gasteiger partial charge on any atom is -0.465 e. The van der Waals surface area contributed by atoms with Gasteiger partial charge in [-0.05, 0) is 31.7 Å². The smallest absolute Gasteiger partial charge is 0.310 e. The molecule has 2 aliphatic rings. The van der Waals surface area contributed by atoms with E-state index in [-0.39, 0.29) is 24.3 Å². The van der Waals surface area contributed by atoms with E-state index in [2.05, 4.69) is 5.32 Å². The number of halogens is 1. The van der Waals surface area contributed by atoms with Gasteiger partial charge in [0.15, 0.2) is 0 Å². The van der Waals surface area contributed by atoms with Crippen LogP contribution in [0.5, 0.6) is 0 Å². The fourth-order valence-corrected chi connectivity index (χ4v) is 1.90. The number of hydrogen-bond donors (Lipinski definition) is 1. The Morgan fingerprint density at radius 2 is 2.13 bits per heavy atom. The number of carbonyl (C=O) groups excluding carboxylic acids is 1. The van der Waals surface area contributed by atoms with E-state index in [1.165, 1.54) is 12.8 Å². The lowest BCUT2D eigenvalue weighted by Gasteiger charge is -2.21. The summed E-state index contributed by atoms with van der Waals surface area (Å²) in [6.45, 7) is 2.49. The van der Waals surface area contributed by atoms with Gasteiger partial charge in [-0.1, -0.05) is 12.8 Å². The second-order valence-corrected chi connectivity index (χ2v) is 4.44. The Morgan fingerprint density at radius 3 is 2.73 bits per heavy atom. The van der Waals surface area contributed by atoms with Crippen molar-refractivity contribution in [1.82, 2.24) is 5.32 Å². The molecular formula is C11H20ClNO2. The maximum absolute atomic E-state index is 11.5. The summed E-state index contributed by atoms with van der Waals surface area (Å²) in [7, 11) is 0. The van der Waals surface area contributed by atoms with Crippen LogP contribution in [0.2, 0.25) is 0 Å². The molecule has 4 heteroatoms. The predicted molar refractivity (Wildman–Crippen MR) is 61.1 cm³/mol. The van der Waals surface area contributed by atoms with Gasteiger partial charge in [0, 0.05) is 6.54 Å². The zero-order valence-corrected chi connectivity index (χ0v) is 9.85. The summed E-state index contributed by atoms with van der Waals surface area (Å²) in [5.74, 6) is 0.980. The topological polar surface area (TPSA) is 38.3 Å². The van der Waals surface area contributed by atoms with Crippen molar-refractivity contribution in [2.24, 2.45) is 11.8 Å². The lowest BCUT2D eigenvalue weighted by Crippen LogP contribution is -2.35. The molecule has 1 saturated heterocycles. The normalized spacial score (nSPS) is 25.5. The third kappa shape index (κ3) is 4.39. The van der Waals surface area contributed by atoms with Crippen LogP contribution in [-0.2, 0) is 9.53 Å². The van der Waals surface area contributed by atoms with Crippen LogP contribution in [-0.4, -0.2) is 25.7 Å². The van der Waals surface area contributed by atoms with Crippen LogP contribution in [0.4, 0.5) is 0 Å². The van der Waals surface area contributed by atoms with Crippen LogP contribution in [0, 0.1) is 11.8 Å². The Kier molecular flexibility index (Phi) is 5.40. The average molecular weight is 234 g/mol. The minimum absolute atomic E-state index is 0. The Balaban J connectivity index is 0.00000112. The van der Waals surface area contributed by atoms with Crippen molar-refractivity contribution < 1.29 is 9.53 Å². The number of piperidine rings is 1. The van der Waals surface area contributed by atoms with E-state index < -0.39 is 0 Å². The molecule has 1 heterocycles. The van der Waals surface area contributed by atoms with Gasteiger partial charge in [0.25, 0.3) is 0 Å². The van der Waals surface area contributed by atoms with Gasteiger partial charge < -0.3 is 10.1 Å². The van der Waals surface area contributed by atoms with E-state index >= 15 is 0 Å². The highest BCUT2D eigenvalue weighted by atomic mass is 35.5. The fourth-order valence-electron chi connectivity index (χ4n) is 1.90. The lowest BCUT2D eigenvalue weighted by molar-refractivity contribution is -0.149. The molecule has 0 bridgehead atoms. The van der Waals surface area contributed by atoms with Gasteiger partial charge in [0.1, 0.15) is 0 Å². The molecule has 0 spiro atoms. The van der Waals surface area contributed by atoms with Crippen LogP contribution in [0.25, 0.3) is 0 Å². The quantitative estimate of drug-likeness (QED) is 0.752. The highest BCUT2D eigenvalue weighted by Gasteiger charge is 2.24. The zero-order chi connectivity index (χ0) is 9.80. The molecule has 1 saturated carbocycles. The fraction of sp³-hybridized carbons (Fsp3) is 0.909. The Labute approximate surface area is 97.4 Å². The average Bonchev–Trinajstić information content (AvgIpc) is 3.03. The van der Waals surface area contributed by atoms with Gasteiger partial charge in [0.2, 0.25) is 0 Å². The number of ether oxygens (including phenoxy) is 1. The first-order valence-corrected chi connectivity index (χ1v) is 5.73. The van der Waals surface area contributed by atoms with E-state index in [1.54, 1.807) is 0 Å². The molecule has 0 aromatic carbocycles. The molecule has 15 heavy (non-hydrogen) atoms. The summed E-state index contributed by atoms with van der Waals surface area (Å²) in [6.07, 6.45) is 5.84. The Morgan fingerprint density at radius 1 is 1.33 bits per heavy atom. The molecule has 1 unspecified atom stereocenters. The monoisotopic (exact) mass is 233 g/mol. The predicted octanol–water partition coefficient (Wildman–Crippen LogP) is 1.75. The van der Waals surface area contributed by atoms with Gasteiger partial charge >= 0.3 is 5.97 Å². The van der Waals surface area contributed by atoms with Crippen molar-refractivity contribution in [3.05, 3.63) is 0 Å². The standard InChI is InChI=1S/C11H19NO2.ClH/c13-11(10-2-1-6-12-8-10)14-7-5-9-3-4-9;/h9-10,12H,1-8H2;1H. The summed E-state index contributed by atoms with van der Waals surface area (Å²) in [5, 5.41) is 3.23. The van der Waals surface area contributed by atoms with Gasteiger partial charge in [0.05, 0.1) is 12.5 Å². The highest BCUT2D eigenvalue weighted by Crippen LogP contribution is 2.32. The first-order chi connectivity index (χ1) is 6.86. The summed E-state index contributed by atoms with van der Waals surface area (Å²) in [5.41, 5.74) is 0. The molecule has 0 aromatic rings. The third-order valence-electron chi connectivity index (χ3n) is 3.10. The van der Waals surface area contributed by atoms with Crippen LogP contribution in [0.15, 0.2) is 0 Å². The third-order valence-corrected chi connectivity index (χ3v) is 3.10. The first kappa shape index (κ1) is 12.8. The molecule has 2 fully saturated rings. The summed E-state index contributed by atoms with van der Waals surface area (Å²) < 4.78 is 5.25. The summed E-state index contributed by atoms with van der Waals surface area (Å²) >= 11 is 0. The van der Waals surface area contributed by atoms with E-state index in [0.29, 0.717) is 6.61 Å². The van der Waals surface area contributed by atoms with E-state index in [4.69, 9.17) is 4.74 Å². The largest absolute Gasteiger partial charge is 0.465 e.